The number of carbonyl (C=O) groups excluding carboxylic acids is 5. The number of aromatic hydroxyl groups is 2. The SMILES string of the molecule is CCCCCCC[C@@H](NC)[C@@H](O)C(=O)N[C@@H](Cc1ccc(O)cc1)C(=O)N(C)[C@@H](CC(C)C)C(=O)N1CCC[C@H]1C(=O)N[C@@H](Cc1ccc(O)cc1)C(=O)OC. The van der Waals surface area contributed by atoms with Gasteiger partial charge in [-0.3, -0.25) is 19.2 Å². The second kappa shape index (κ2) is 22.8. The minimum atomic E-state index is -1.44. The summed E-state index contributed by atoms with van der Waals surface area (Å²) in [5.74, 6) is -2.85. The van der Waals surface area contributed by atoms with Crippen LogP contribution in [0.3, 0.4) is 0 Å². The zero-order chi connectivity index (χ0) is 41.4. The average Bonchev–Trinajstić information content (AvgIpc) is 3.68. The van der Waals surface area contributed by atoms with Crippen molar-refractivity contribution in [1.29, 1.82) is 0 Å². The number of aliphatic hydroxyl groups is 1. The molecule has 0 aliphatic carbocycles. The van der Waals surface area contributed by atoms with Crippen LogP contribution in [0.15, 0.2) is 48.5 Å². The Balaban J connectivity index is 1.84. The fourth-order valence-corrected chi connectivity index (χ4v) is 7.17. The van der Waals surface area contributed by atoms with E-state index in [1.165, 1.54) is 48.2 Å². The number of phenolic OH excluding ortho intramolecular Hbond substituents is 2. The first-order valence-corrected chi connectivity index (χ1v) is 19.9. The maximum Gasteiger partial charge on any atom is 0.328 e. The highest BCUT2D eigenvalue weighted by atomic mass is 16.5. The number of carbonyl (C=O) groups is 5. The van der Waals surface area contributed by atoms with E-state index in [-0.39, 0.29) is 43.2 Å². The van der Waals surface area contributed by atoms with E-state index >= 15 is 0 Å². The van der Waals surface area contributed by atoms with E-state index in [0.717, 1.165) is 32.1 Å². The molecule has 56 heavy (non-hydrogen) atoms. The zero-order valence-electron chi connectivity index (χ0n) is 33.8. The summed E-state index contributed by atoms with van der Waals surface area (Å²) in [7, 11) is 4.40. The highest BCUT2D eigenvalue weighted by Crippen LogP contribution is 2.24. The van der Waals surface area contributed by atoms with Gasteiger partial charge in [0.1, 0.15) is 41.8 Å². The van der Waals surface area contributed by atoms with E-state index < -0.39 is 65.9 Å². The molecule has 0 saturated carbocycles. The third kappa shape index (κ3) is 13.5. The van der Waals surface area contributed by atoms with E-state index in [2.05, 4.69) is 22.9 Å². The average molecular weight is 782 g/mol. The molecule has 14 nitrogen and oxygen atoms in total. The molecule has 0 unspecified atom stereocenters. The number of esters is 1. The number of nitrogens with one attached hydrogen (secondary N) is 3. The minimum absolute atomic E-state index is 0.0242. The summed E-state index contributed by atoms with van der Waals surface area (Å²) in [5.41, 5.74) is 1.32. The first-order valence-electron chi connectivity index (χ1n) is 19.9. The molecule has 0 spiro atoms. The number of aliphatic hydroxyl groups excluding tert-OH is 1. The van der Waals surface area contributed by atoms with Crippen LogP contribution in [0.1, 0.15) is 89.7 Å². The first kappa shape index (κ1) is 45.7. The van der Waals surface area contributed by atoms with Crippen LogP contribution in [0, 0.1) is 5.92 Å². The van der Waals surface area contributed by atoms with Gasteiger partial charge in [-0.25, -0.2) is 4.79 Å². The number of phenols is 2. The van der Waals surface area contributed by atoms with Crippen molar-refractivity contribution in [2.24, 2.45) is 5.92 Å². The number of rotatable bonds is 22. The number of likely N-dealkylation sites (tertiary alicyclic amines) is 1. The molecule has 0 radical (unpaired) electrons. The van der Waals surface area contributed by atoms with Gasteiger partial charge in [-0.05, 0) is 74.0 Å². The maximum absolute atomic E-state index is 14.5. The van der Waals surface area contributed by atoms with Gasteiger partial charge in [0.2, 0.25) is 17.7 Å². The molecule has 2 aromatic carbocycles. The lowest BCUT2D eigenvalue weighted by atomic mass is 9.98. The Kier molecular flexibility index (Phi) is 18.6. The van der Waals surface area contributed by atoms with Gasteiger partial charge < -0.3 is 45.8 Å². The lowest BCUT2D eigenvalue weighted by Gasteiger charge is -2.36. The van der Waals surface area contributed by atoms with Gasteiger partial charge in [0.15, 0.2) is 0 Å². The standard InChI is InChI=1S/C42H63N5O9/c1-7-8-9-10-11-13-32(43-4)37(50)39(52)44-33(25-28-15-19-30(48)20-16-28)40(53)46(5)36(24-27(2)3)41(54)47-23-12-14-35(47)38(51)45-34(42(55)56-6)26-29-17-21-31(49)22-18-29/h15-22,27,32-37,43,48-50H,7-14,23-26H2,1-6H3,(H,44,52)(H,45,51)/t32-,33+,34+,35+,36+,37-/m1/s1. The van der Waals surface area contributed by atoms with Gasteiger partial charge in [-0.15, -0.1) is 0 Å². The Labute approximate surface area is 331 Å². The Morgan fingerprint density at radius 3 is 1.98 bits per heavy atom. The van der Waals surface area contributed by atoms with Gasteiger partial charge in [-0.2, -0.15) is 0 Å². The fourth-order valence-electron chi connectivity index (χ4n) is 7.17. The summed E-state index contributed by atoms with van der Waals surface area (Å²) < 4.78 is 4.96. The lowest BCUT2D eigenvalue weighted by molar-refractivity contribution is -0.150. The minimum Gasteiger partial charge on any atom is -0.508 e. The summed E-state index contributed by atoms with van der Waals surface area (Å²) in [4.78, 5) is 71.8. The molecule has 6 atom stereocenters. The molecule has 1 fully saturated rings. The summed E-state index contributed by atoms with van der Waals surface area (Å²) in [5, 5.41) is 39.2. The van der Waals surface area contributed by atoms with E-state index in [0.29, 0.717) is 30.4 Å². The highest BCUT2D eigenvalue weighted by molar-refractivity contribution is 5.96. The van der Waals surface area contributed by atoms with Gasteiger partial charge in [0.25, 0.3) is 5.91 Å². The molecule has 1 heterocycles. The second-order valence-corrected chi connectivity index (χ2v) is 15.2. The normalized spacial score (nSPS) is 16.7. The zero-order valence-corrected chi connectivity index (χ0v) is 33.8. The Morgan fingerprint density at radius 1 is 0.875 bits per heavy atom. The van der Waals surface area contributed by atoms with Gasteiger partial charge in [0, 0.05) is 32.5 Å². The van der Waals surface area contributed by atoms with Crippen molar-refractivity contribution < 1.29 is 44.0 Å². The number of likely N-dealkylation sites (N-methyl/N-ethyl adjacent to an activating group) is 2. The molecule has 1 aliphatic rings. The van der Waals surface area contributed by atoms with Gasteiger partial charge in [0.05, 0.1) is 7.11 Å². The van der Waals surface area contributed by atoms with Gasteiger partial charge >= 0.3 is 5.97 Å². The number of hydrogen-bond donors (Lipinski definition) is 6. The number of ether oxygens (including phenoxy) is 1. The Hall–Kier alpha value is -4.69. The predicted octanol–water partition coefficient (Wildman–Crippen LogP) is 3.20. The Morgan fingerprint density at radius 2 is 1.45 bits per heavy atom. The second-order valence-electron chi connectivity index (χ2n) is 15.2. The van der Waals surface area contributed by atoms with Crippen molar-refractivity contribution in [3.05, 3.63) is 59.7 Å². The summed E-state index contributed by atoms with van der Waals surface area (Å²) >= 11 is 0. The van der Waals surface area contributed by atoms with Crippen molar-refractivity contribution >= 4 is 29.6 Å². The van der Waals surface area contributed by atoms with Crippen molar-refractivity contribution in [3.63, 3.8) is 0 Å². The van der Waals surface area contributed by atoms with Crippen LogP contribution in [0.2, 0.25) is 0 Å². The third-order valence-corrected chi connectivity index (χ3v) is 10.4. The molecule has 0 aromatic heterocycles. The number of hydrogen-bond acceptors (Lipinski definition) is 10. The van der Waals surface area contributed by atoms with Crippen LogP contribution >= 0.6 is 0 Å². The molecule has 1 aliphatic heterocycles. The molecule has 4 amide bonds. The molecule has 3 rings (SSSR count). The summed E-state index contributed by atoms with van der Waals surface area (Å²) in [6.07, 6.45) is 5.48. The number of nitrogens with zero attached hydrogens (tertiary/aromatic N) is 2. The van der Waals surface area contributed by atoms with Gasteiger partial charge in [-0.1, -0.05) is 77.1 Å². The van der Waals surface area contributed by atoms with E-state index in [1.807, 2.05) is 13.8 Å². The monoisotopic (exact) mass is 781 g/mol. The number of methoxy groups -OCH3 is 1. The van der Waals surface area contributed by atoms with E-state index in [4.69, 9.17) is 4.74 Å². The van der Waals surface area contributed by atoms with Crippen molar-refractivity contribution in [1.82, 2.24) is 25.8 Å². The molecular formula is C42H63N5O9. The predicted molar refractivity (Wildman–Crippen MR) is 212 cm³/mol. The largest absolute Gasteiger partial charge is 0.508 e. The molecular weight excluding hydrogens is 718 g/mol. The first-order chi connectivity index (χ1) is 26.7. The number of benzene rings is 2. The fraction of sp³-hybridized carbons (Fsp3) is 0.595. The van der Waals surface area contributed by atoms with E-state index in [1.54, 1.807) is 31.3 Å². The van der Waals surface area contributed by atoms with Crippen LogP contribution in [-0.2, 0) is 41.6 Å². The highest BCUT2D eigenvalue weighted by Gasteiger charge is 2.42. The molecule has 2 aromatic rings. The lowest BCUT2D eigenvalue weighted by Crippen LogP contribution is -2.59. The topological polar surface area (TPSA) is 198 Å². The van der Waals surface area contributed by atoms with Crippen LogP contribution < -0.4 is 16.0 Å². The quantitative estimate of drug-likeness (QED) is 0.0763. The molecule has 310 valence electrons. The van der Waals surface area contributed by atoms with Crippen LogP contribution in [-0.4, -0.2) is 119 Å². The smallest absolute Gasteiger partial charge is 0.328 e. The van der Waals surface area contributed by atoms with Crippen LogP contribution in [0.25, 0.3) is 0 Å². The van der Waals surface area contributed by atoms with Crippen LogP contribution in [0.5, 0.6) is 11.5 Å². The third-order valence-electron chi connectivity index (χ3n) is 10.4. The summed E-state index contributed by atoms with van der Waals surface area (Å²) in [6, 6.07) is 7.81. The Bertz CT molecular complexity index is 1570. The molecule has 6 N–H and O–H groups in total. The number of unbranched alkanes of at least 4 members (excludes halogenated alkanes) is 4. The maximum atomic E-state index is 14.5. The van der Waals surface area contributed by atoms with E-state index in [9.17, 15) is 39.3 Å². The number of amides is 4. The molecule has 1 saturated heterocycles. The van der Waals surface area contributed by atoms with Crippen molar-refractivity contribution in [2.75, 3.05) is 27.7 Å². The summed E-state index contributed by atoms with van der Waals surface area (Å²) in [6.45, 7) is 6.23. The molecule has 14 heteroatoms. The molecule has 0 bridgehead atoms. The van der Waals surface area contributed by atoms with Crippen LogP contribution in [0.4, 0.5) is 0 Å². The van der Waals surface area contributed by atoms with Crippen molar-refractivity contribution in [3.8, 4) is 11.5 Å². The van der Waals surface area contributed by atoms with Crippen molar-refractivity contribution in [2.45, 2.75) is 128 Å².